The van der Waals surface area contributed by atoms with Crippen LogP contribution in [-0.4, -0.2) is 40.0 Å². The molecule has 5 nitrogen and oxygen atoms in total. The summed E-state index contributed by atoms with van der Waals surface area (Å²) in [7, 11) is 1.51. The smallest absolute Gasteiger partial charge is 0.326 e. The van der Waals surface area contributed by atoms with Crippen molar-refractivity contribution < 1.29 is 14.7 Å². The molecule has 17 heavy (non-hydrogen) atoms. The topological polar surface area (TPSA) is 70.5 Å². The van der Waals surface area contributed by atoms with Crippen LogP contribution in [0.25, 0.3) is 0 Å². The van der Waals surface area contributed by atoms with Gasteiger partial charge in [0.05, 0.1) is 6.42 Å². The highest BCUT2D eigenvalue weighted by Gasteiger charge is 2.24. The Labute approximate surface area is 100 Å². The molecule has 1 atom stereocenters. The molecule has 0 saturated carbocycles. The lowest BCUT2D eigenvalue weighted by molar-refractivity contribution is -0.148. The van der Waals surface area contributed by atoms with Crippen LogP contribution in [-0.2, 0) is 16.0 Å². The van der Waals surface area contributed by atoms with E-state index in [1.54, 1.807) is 31.3 Å². The quantitative estimate of drug-likeness (QED) is 0.826. The lowest BCUT2D eigenvalue weighted by Gasteiger charge is -2.23. The van der Waals surface area contributed by atoms with Crippen molar-refractivity contribution in [3.05, 3.63) is 30.1 Å². The normalized spacial score (nSPS) is 11.9. The van der Waals surface area contributed by atoms with E-state index < -0.39 is 12.0 Å². The molecule has 1 heterocycles. The van der Waals surface area contributed by atoms with Crippen LogP contribution >= 0.6 is 0 Å². The van der Waals surface area contributed by atoms with Gasteiger partial charge in [0.1, 0.15) is 6.04 Å². The summed E-state index contributed by atoms with van der Waals surface area (Å²) in [6.07, 6.45) is 2.12. The maximum absolute atomic E-state index is 11.8. The third kappa shape index (κ3) is 3.55. The predicted molar refractivity (Wildman–Crippen MR) is 62.4 cm³/mol. The van der Waals surface area contributed by atoms with Gasteiger partial charge < -0.3 is 10.0 Å². The number of likely N-dealkylation sites (N-methyl/N-ethyl adjacent to an activating group) is 1. The third-order valence-electron chi connectivity index (χ3n) is 2.59. The maximum atomic E-state index is 11.8. The molecule has 0 aliphatic rings. The molecule has 0 aromatic carbocycles. The van der Waals surface area contributed by atoms with Crippen molar-refractivity contribution in [2.45, 2.75) is 25.8 Å². The van der Waals surface area contributed by atoms with Gasteiger partial charge in [0.15, 0.2) is 0 Å². The number of aliphatic carboxylic acids is 1. The molecule has 0 fully saturated rings. The fourth-order valence-corrected chi connectivity index (χ4v) is 1.57. The number of nitrogens with zero attached hydrogens (tertiary/aromatic N) is 2. The summed E-state index contributed by atoms with van der Waals surface area (Å²) in [4.78, 5) is 28.1. The zero-order chi connectivity index (χ0) is 12.8. The first-order chi connectivity index (χ1) is 8.06. The van der Waals surface area contributed by atoms with Crippen molar-refractivity contribution in [2.24, 2.45) is 0 Å². The van der Waals surface area contributed by atoms with E-state index >= 15 is 0 Å². The van der Waals surface area contributed by atoms with E-state index in [4.69, 9.17) is 5.11 Å². The standard InChI is InChI=1S/C12H16N2O3/c1-3-10(12(16)17)14(2)11(15)8-9-6-4-5-7-13-9/h4-7,10H,3,8H2,1-2H3,(H,16,17). The molecular formula is C12H16N2O3. The highest BCUT2D eigenvalue weighted by atomic mass is 16.4. The number of hydrogen-bond donors (Lipinski definition) is 1. The second-order valence-electron chi connectivity index (χ2n) is 3.76. The minimum Gasteiger partial charge on any atom is -0.480 e. The van der Waals surface area contributed by atoms with Crippen molar-refractivity contribution in [3.63, 3.8) is 0 Å². The van der Waals surface area contributed by atoms with Gasteiger partial charge in [-0.3, -0.25) is 9.78 Å². The van der Waals surface area contributed by atoms with E-state index in [9.17, 15) is 9.59 Å². The van der Waals surface area contributed by atoms with Gasteiger partial charge in [-0.05, 0) is 18.6 Å². The Kier molecular flexibility index (Phi) is 4.63. The Morgan fingerprint density at radius 1 is 1.47 bits per heavy atom. The first-order valence-electron chi connectivity index (χ1n) is 5.44. The van der Waals surface area contributed by atoms with E-state index in [-0.39, 0.29) is 12.3 Å². The first-order valence-corrected chi connectivity index (χ1v) is 5.44. The summed E-state index contributed by atoms with van der Waals surface area (Å²) >= 11 is 0. The average Bonchev–Trinajstić information content (AvgIpc) is 2.30. The van der Waals surface area contributed by atoms with Crippen molar-refractivity contribution in [3.8, 4) is 0 Å². The molecule has 1 unspecified atom stereocenters. The molecule has 1 aromatic heterocycles. The molecule has 0 aliphatic carbocycles. The summed E-state index contributed by atoms with van der Waals surface area (Å²) in [5.41, 5.74) is 0.643. The fourth-order valence-electron chi connectivity index (χ4n) is 1.57. The van der Waals surface area contributed by atoms with Crippen LogP contribution in [0.15, 0.2) is 24.4 Å². The van der Waals surface area contributed by atoms with Gasteiger partial charge in [0.25, 0.3) is 0 Å². The predicted octanol–water partition coefficient (Wildman–Crippen LogP) is 0.946. The Morgan fingerprint density at radius 2 is 2.18 bits per heavy atom. The zero-order valence-electron chi connectivity index (χ0n) is 9.96. The molecule has 0 saturated heterocycles. The van der Waals surface area contributed by atoms with Crippen LogP contribution in [0.5, 0.6) is 0 Å². The van der Waals surface area contributed by atoms with Crippen molar-refractivity contribution in [1.82, 2.24) is 9.88 Å². The van der Waals surface area contributed by atoms with Crippen LogP contribution in [0, 0.1) is 0 Å². The van der Waals surface area contributed by atoms with E-state index in [1.165, 1.54) is 11.9 Å². The first kappa shape index (κ1) is 13.2. The molecule has 1 aromatic rings. The summed E-state index contributed by atoms with van der Waals surface area (Å²) in [6, 6.07) is 4.53. The van der Waals surface area contributed by atoms with Crippen LogP contribution < -0.4 is 0 Å². The highest BCUT2D eigenvalue weighted by molar-refractivity contribution is 5.84. The number of carboxylic acid groups (broad SMARTS) is 1. The average molecular weight is 236 g/mol. The fraction of sp³-hybridized carbons (Fsp3) is 0.417. The van der Waals surface area contributed by atoms with Crippen LogP contribution in [0.1, 0.15) is 19.0 Å². The van der Waals surface area contributed by atoms with E-state index in [1.807, 2.05) is 0 Å². The minimum atomic E-state index is -0.982. The molecule has 1 N–H and O–H groups in total. The zero-order valence-corrected chi connectivity index (χ0v) is 9.96. The van der Waals surface area contributed by atoms with Crippen molar-refractivity contribution in [2.75, 3.05) is 7.05 Å². The lowest BCUT2D eigenvalue weighted by Crippen LogP contribution is -2.42. The number of carbonyl (C=O) groups is 2. The summed E-state index contributed by atoms with van der Waals surface area (Å²) in [5, 5.41) is 8.95. The molecule has 1 rings (SSSR count). The molecule has 1 amide bonds. The molecule has 0 spiro atoms. The second-order valence-corrected chi connectivity index (χ2v) is 3.76. The van der Waals surface area contributed by atoms with Gasteiger partial charge in [-0.1, -0.05) is 13.0 Å². The number of pyridine rings is 1. The van der Waals surface area contributed by atoms with Gasteiger partial charge in [-0.25, -0.2) is 4.79 Å². The lowest BCUT2D eigenvalue weighted by atomic mass is 10.1. The van der Waals surface area contributed by atoms with Gasteiger partial charge >= 0.3 is 5.97 Å². The maximum Gasteiger partial charge on any atom is 0.326 e. The Hall–Kier alpha value is -1.91. The SMILES string of the molecule is CCC(C(=O)O)N(C)C(=O)Cc1ccccn1. The Balaban J connectivity index is 2.67. The van der Waals surface area contributed by atoms with Crippen LogP contribution in [0.3, 0.4) is 0 Å². The van der Waals surface area contributed by atoms with E-state index in [2.05, 4.69) is 4.98 Å². The molecule has 0 bridgehead atoms. The van der Waals surface area contributed by atoms with Gasteiger partial charge in [0, 0.05) is 18.9 Å². The van der Waals surface area contributed by atoms with Crippen LogP contribution in [0.2, 0.25) is 0 Å². The third-order valence-corrected chi connectivity index (χ3v) is 2.59. The molecule has 92 valence electrons. The van der Waals surface area contributed by atoms with Crippen molar-refractivity contribution in [1.29, 1.82) is 0 Å². The second kappa shape index (κ2) is 5.98. The van der Waals surface area contributed by atoms with Gasteiger partial charge in [0.2, 0.25) is 5.91 Å². The van der Waals surface area contributed by atoms with E-state index in [0.29, 0.717) is 12.1 Å². The Morgan fingerprint density at radius 3 is 2.65 bits per heavy atom. The summed E-state index contributed by atoms with van der Waals surface area (Å²) in [5.74, 6) is -1.22. The Bertz CT molecular complexity index is 392. The number of amides is 1. The monoisotopic (exact) mass is 236 g/mol. The number of carbonyl (C=O) groups excluding carboxylic acids is 1. The number of hydrogen-bond acceptors (Lipinski definition) is 3. The number of rotatable bonds is 5. The number of aromatic nitrogens is 1. The number of carboxylic acids is 1. The largest absolute Gasteiger partial charge is 0.480 e. The molecule has 0 radical (unpaired) electrons. The summed E-state index contributed by atoms with van der Waals surface area (Å²) in [6.45, 7) is 1.74. The molecular weight excluding hydrogens is 220 g/mol. The minimum absolute atomic E-state index is 0.126. The van der Waals surface area contributed by atoms with E-state index in [0.717, 1.165) is 0 Å². The van der Waals surface area contributed by atoms with Gasteiger partial charge in [-0.15, -0.1) is 0 Å². The van der Waals surface area contributed by atoms with Gasteiger partial charge in [-0.2, -0.15) is 0 Å². The summed E-state index contributed by atoms with van der Waals surface area (Å²) < 4.78 is 0. The molecule has 5 heteroatoms. The highest BCUT2D eigenvalue weighted by Crippen LogP contribution is 2.05. The van der Waals surface area contributed by atoms with Crippen molar-refractivity contribution >= 4 is 11.9 Å². The van der Waals surface area contributed by atoms with Crippen LogP contribution in [0.4, 0.5) is 0 Å². The molecule has 0 aliphatic heterocycles.